The minimum Gasteiger partial charge on any atom is -0.421 e. The van der Waals surface area contributed by atoms with Gasteiger partial charge in [0.05, 0.1) is 12.5 Å². The number of carbonyl (C=O) groups is 1. The van der Waals surface area contributed by atoms with Crippen molar-refractivity contribution < 1.29 is 14.3 Å². The van der Waals surface area contributed by atoms with Crippen LogP contribution >= 0.6 is 0 Å². The van der Waals surface area contributed by atoms with Crippen LogP contribution in [0.1, 0.15) is 58.8 Å². The molecule has 0 radical (unpaired) electrons. The molecule has 0 amide bonds. The molecule has 18 heavy (non-hydrogen) atoms. The highest BCUT2D eigenvalue weighted by atomic mass is 16.7. The van der Waals surface area contributed by atoms with Gasteiger partial charge in [-0.1, -0.05) is 52.4 Å². The van der Waals surface area contributed by atoms with E-state index in [2.05, 4.69) is 12.2 Å². The molecular weight excluding hydrogens is 230 g/mol. The number of hydrogen-bond donors (Lipinski definition) is 1. The van der Waals surface area contributed by atoms with E-state index in [1.165, 1.54) is 32.1 Å². The zero-order valence-electron chi connectivity index (χ0n) is 11.7. The fourth-order valence-electron chi connectivity index (χ4n) is 2.05. The Labute approximate surface area is 110 Å². The number of unbranched alkanes of at least 4 members (excludes halogenated alkanes) is 5. The molecule has 1 aliphatic heterocycles. The third-order valence-electron chi connectivity index (χ3n) is 3.30. The Hall–Kier alpha value is -0.610. The molecule has 2 atom stereocenters. The first-order chi connectivity index (χ1) is 8.74. The van der Waals surface area contributed by atoms with Gasteiger partial charge in [-0.05, 0) is 6.42 Å². The minimum absolute atomic E-state index is 0.0258. The molecule has 106 valence electrons. The van der Waals surface area contributed by atoms with E-state index in [-0.39, 0.29) is 11.9 Å². The van der Waals surface area contributed by atoms with Gasteiger partial charge >= 0.3 is 5.97 Å². The normalized spacial score (nSPS) is 20.9. The number of rotatable bonds is 9. The second kappa shape index (κ2) is 9.34. The van der Waals surface area contributed by atoms with Crippen molar-refractivity contribution in [3.63, 3.8) is 0 Å². The summed E-state index contributed by atoms with van der Waals surface area (Å²) in [4.78, 5) is 11.7. The van der Waals surface area contributed by atoms with Crippen molar-refractivity contribution >= 4 is 5.97 Å². The second-order valence-corrected chi connectivity index (χ2v) is 5.05. The van der Waals surface area contributed by atoms with Gasteiger partial charge in [0.1, 0.15) is 0 Å². The molecule has 0 aliphatic carbocycles. The zero-order valence-corrected chi connectivity index (χ0v) is 11.7. The van der Waals surface area contributed by atoms with Crippen LogP contribution in [0.2, 0.25) is 0 Å². The van der Waals surface area contributed by atoms with Crippen LogP contribution in [0.5, 0.6) is 0 Å². The molecule has 2 unspecified atom stereocenters. The van der Waals surface area contributed by atoms with Crippen molar-refractivity contribution in [3.05, 3.63) is 0 Å². The standard InChI is InChI=1S/C14H27NO3/c1-3-4-5-6-7-8-9-12(2)13(16)18-14-15-10-11-17-14/h12,14-15H,3-11H2,1-2H3. The lowest BCUT2D eigenvalue weighted by Gasteiger charge is -2.15. The van der Waals surface area contributed by atoms with Gasteiger partial charge in [0.15, 0.2) is 0 Å². The number of hydrogen-bond acceptors (Lipinski definition) is 4. The van der Waals surface area contributed by atoms with Crippen LogP contribution in [0.3, 0.4) is 0 Å². The Morgan fingerprint density at radius 1 is 1.33 bits per heavy atom. The fourth-order valence-corrected chi connectivity index (χ4v) is 2.05. The summed E-state index contributed by atoms with van der Waals surface area (Å²) in [5.74, 6) is -0.176. The van der Waals surface area contributed by atoms with Crippen LogP contribution in [0.25, 0.3) is 0 Å². The van der Waals surface area contributed by atoms with Crippen molar-refractivity contribution in [2.75, 3.05) is 13.2 Å². The average Bonchev–Trinajstić information content (AvgIpc) is 2.86. The summed E-state index contributed by atoms with van der Waals surface area (Å²) < 4.78 is 10.4. The number of carbonyl (C=O) groups excluding carboxylic acids is 1. The van der Waals surface area contributed by atoms with Gasteiger partial charge in [-0.15, -0.1) is 0 Å². The highest BCUT2D eigenvalue weighted by molar-refractivity contribution is 5.72. The zero-order chi connectivity index (χ0) is 13.2. The Balaban J connectivity index is 2.00. The predicted molar refractivity (Wildman–Crippen MR) is 71.0 cm³/mol. The summed E-state index contributed by atoms with van der Waals surface area (Å²) in [7, 11) is 0. The molecule has 0 saturated carbocycles. The van der Waals surface area contributed by atoms with E-state index < -0.39 is 6.41 Å². The molecule has 0 spiro atoms. The Morgan fingerprint density at radius 2 is 2.06 bits per heavy atom. The molecule has 1 rings (SSSR count). The first-order valence-electron chi connectivity index (χ1n) is 7.29. The first kappa shape index (κ1) is 15.4. The van der Waals surface area contributed by atoms with E-state index >= 15 is 0 Å². The lowest BCUT2D eigenvalue weighted by atomic mass is 10.0. The van der Waals surface area contributed by atoms with Crippen LogP contribution in [-0.2, 0) is 14.3 Å². The maximum Gasteiger partial charge on any atom is 0.311 e. The molecule has 0 aromatic rings. The van der Waals surface area contributed by atoms with E-state index in [0.717, 1.165) is 19.4 Å². The molecule has 0 aromatic heterocycles. The molecule has 0 bridgehead atoms. The summed E-state index contributed by atoms with van der Waals surface area (Å²) in [6.07, 6.45) is 7.91. The van der Waals surface area contributed by atoms with Crippen LogP contribution in [0.15, 0.2) is 0 Å². The molecule has 4 nitrogen and oxygen atoms in total. The van der Waals surface area contributed by atoms with E-state index in [1.54, 1.807) is 0 Å². The molecule has 1 N–H and O–H groups in total. The Bertz CT molecular complexity index is 227. The summed E-state index contributed by atoms with van der Waals surface area (Å²) in [5.41, 5.74) is 0. The third-order valence-corrected chi connectivity index (χ3v) is 3.30. The van der Waals surface area contributed by atoms with E-state index in [1.807, 2.05) is 6.92 Å². The van der Waals surface area contributed by atoms with Gasteiger partial charge in [0.25, 0.3) is 6.41 Å². The SMILES string of the molecule is CCCCCCCCC(C)C(=O)OC1NCCO1. The summed E-state index contributed by atoms with van der Waals surface area (Å²) in [6, 6.07) is 0. The molecule has 1 saturated heterocycles. The lowest BCUT2D eigenvalue weighted by molar-refractivity contribution is -0.177. The van der Waals surface area contributed by atoms with Crippen molar-refractivity contribution in [1.82, 2.24) is 5.32 Å². The number of nitrogens with one attached hydrogen (secondary N) is 1. The number of esters is 1. The van der Waals surface area contributed by atoms with Gasteiger partial charge in [-0.2, -0.15) is 0 Å². The van der Waals surface area contributed by atoms with Crippen molar-refractivity contribution in [1.29, 1.82) is 0 Å². The van der Waals surface area contributed by atoms with Crippen LogP contribution < -0.4 is 5.32 Å². The van der Waals surface area contributed by atoms with Crippen LogP contribution in [0, 0.1) is 5.92 Å². The van der Waals surface area contributed by atoms with E-state index in [9.17, 15) is 4.79 Å². The number of ether oxygens (including phenoxy) is 2. The largest absolute Gasteiger partial charge is 0.421 e. The third kappa shape index (κ3) is 6.36. The molecule has 0 aromatic carbocycles. The monoisotopic (exact) mass is 257 g/mol. The molecular formula is C14H27NO3. The lowest BCUT2D eigenvalue weighted by Crippen LogP contribution is -2.31. The van der Waals surface area contributed by atoms with Crippen molar-refractivity contribution in [2.45, 2.75) is 65.2 Å². The van der Waals surface area contributed by atoms with Crippen LogP contribution in [-0.4, -0.2) is 25.5 Å². The van der Waals surface area contributed by atoms with Crippen molar-refractivity contribution in [3.8, 4) is 0 Å². The molecule has 1 fully saturated rings. The van der Waals surface area contributed by atoms with Gasteiger partial charge in [-0.3, -0.25) is 10.1 Å². The highest BCUT2D eigenvalue weighted by Gasteiger charge is 2.22. The summed E-state index contributed by atoms with van der Waals surface area (Å²) in [5, 5.41) is 2.97. The smallest absolute Gasteiger partial charge is 0.311 e. The summed E-state index contributed by atoms with van der Waals surface area (Å²) in [6.45, 7) is 5.52. The maximum absolute atomic E-state index is 11.7. The van der Waals surface area contributed by atoms with Gasteiger partial charge in [0, 0.05) is 6.54 Å². The summed E-state index contributed by atoms with van der Waals surface area (Å²) >= 11 is 0. The van der Waals surface area contributed by atoms with Gasteiger partial charge in [-0.25, -0.2) is 0 Å². The molecule has 1 aliphatic rings. The quantitative estimate of drug-likeness (QED) is 0.509. The predicted octanol–water partition coefficient (Wildman–Crippen LogP) is 2.82. The average molecular weight is 257 g/mol. The highest BCUT2D eigenvalue weighted by Crippen LogP contribution is 2.14. The topological polar surface area (TPSA) is 47.6 Å². The fraction of sp³-hybridized carbons (Fsp3) is 0.929. The van der Waals surface area contributed by atoms with Gasteiger partial charge in [0.2, 0.25) is 0 Å². The van der Waals surface area contributed by atoms with Gasteiger partial charge < -0.3 is 9.47 Å². The van der Waals surface area contributed by atoms with Crippen LogP contribution in [0.4, 0.5) is 0 Å². The Morgan fingerprint density at radius 3 is 2.72 bits per heavy atom. The Kier molecular flexibility index (Phi) is 8.01. The van der Waals surface area contributed by atoms with Crippen molar-refractivity contribution in [2.24, 2.45) is 5.92 Å². The minimum atomic E-state index is -0.524. The second-order valence-electron chi connectivity index (χ2n) is 5.05. The van der Waals surface area contributed by atoms with E-state index in [0.29, 0.717) is 6.61 Å². The molecule has 4 heteroatoms. The van der Waals surface area contributed by atoms with E-state index in [4.69, 9.17) is 9.47 Å². The first-order valence-corrected chi connectivity index (χ1v) is 7.29. The maximum atomic E-state index is 11.7. The molecule has 1 heterocycles.